The van der Waals surface area contributed by atoms with Crippen molar-refractivity contribution in [2.24, 2.45) is 0 Å². The highest BCUT2D eigenvalue weighted by Gasteiger charge is 2.27. The summed E-state index contributed by atoms with van der Waals surface area (Å²) in [6.07, 6.45) is 0. The van der Waals surface area contributed by atoms with Gasteiger partial charge in [0.2, 0.25) is 0 Å². The summed E-state index contributed by atoms with van der Waals surface area (Å²) in [6, 6.07) is 9.53. The van der Waals surface area contributed by atoms with E-state index in [1.165, 1.54) is 35.6 Å². The minimum Gasteiger partial charge on any atom is -0.143 e. The van der Waals surface area contributed by atoms with Crippen LogP contribution >= 0.6 is 122 Å². The SMILES string of the molecule is C[Si](C)(C)c1cc(Br)c(-c2sc([Si](C)(C)C)cc2Br)s1.C[Si](C)(C)c1cc(I)c(-c2sc([Si](C)(C)C)cc2I)s1. The summed E-state index contributed by atoms with van der Waals surface area (Å²) in [5.41, 5.74) is 0. The Morgan fingerprint density at radius 2 is 0.650 bits per heavy atom. The van der Waals surface area contributed by atoms with Crippen molar-refractivity contribution in [1.82, 2.24) is 0 Å². The van der Waals surface area contributed by atoms with E-state index in [4.69, 9.17) is 0 Å². The highest BCUT2D eigenvalue weighted by molar-refractivity contribution is 14.1. The van der Waals surface area contributed by atoms with Gasteiger partial charge in [-0.15, -0.1) is 45.3 Å². The molecule has 0 aromatic carbocycles. The Morgan fingerprint density at radius 1 is 0.425 bits per heavy atom. The summed E-state index contributed by atoms with van der Waals surface area (Å²) in [5, 5.41) is 0. The van der Waals surface area contributed by atoms with E-state index < -0.39 is 32.3 Å². The Kier molecular flexibility index (Phi) is 12.3. The first-order valence-corrected chi connectivity index (χ1v) is 34.2. The fourth-order valence-electron chi connectivity index (χ4n) is 3.57. The van der Waals surface area contributed by atoms with Gasteiger partial charge in [0.25, 0.3) is 0 Å². The molecule has 0 aliphatic carbocycles. The van der Waals surface area contributed by atoms with Crippen molar-refractivity contribution >= 4 is 173 Å². The molecule has 4 heterocycles. The second kappa shape index (κ2) is 13.4. The zero-order valence-corrected chi connectivity index (χ0v) is 40.2. The molecule has 0 N–H and O–H groups in total. The summed E-state index contributed by atoms with van der Waals surface area (Å²) in [4.78, 5) is 5.79. The van der Waals surface area contributed by atoms with Gasteiger partial charge in [0, 0.05) is 16.1 Å². The maximum Gasteiger partial charge on any atom is 0.0904 e. The molecule has 0 radical (unpaired) electrons. The molecule has 4 aromatic heterocycles. The van der Waals surface area contributed by atoms with Gasteiger partial charge in [-0.3, -0.25) is 0 Å². The topological polar surface area (TPSA) is 0 Å². The van der Waals surface area contributed by atoms with E-state index in [0.717, 1.165) is 0 Å². The van der Waals surface area contributed by atoms with Crippen molar-refractivity contribution in [3.8, 4) is 19.5 Å². The lowest BCUT2D eigenvalue weighted by molar-refractivity contribution is 1.75. The van der Waals surface area contributed by atoms with Crippen molar-refractivity contribution in [2.45, 2.75) is 78.6 Å². The Hall–Kier alpha value is 2.09. The zero-order valence-electron chi connectivity index (χ0n) is 25.5. The molecule has 4 aromatic rings. The van der Waals surface area contributed by atoms with E-state index >= 15 is 0 Å². The smallest absolute Gasteiger partial charge is 0.0904 e. The Bertz CT molecular complexity index is 1270. The molecule has 12 heteroatoms. The first-order chi connectivity index (χ1) is 18.0. The molecular weight excluding hydrogens is 991 g/mol. The first kappa shape index (κ1) is 36.6. The molecule has 0 nitrogen and oxygen atoms in total. The third-order valence-corrected chi connectivity index (χ3v) is 29.5. The summed E-state index contributed by atoms with van der Waals surface area (Å²) in [5.74, 6) is 0. The predicted molar refractivity (Wildman–Crippen MR) is 228 cm³/mol. The van der Waals surface area contributed by atoms with Gasteiger partial charge in [-0.1, -0.05) is 78.6 Å². The van der Waals surface area contributed by atoms with Crippen LogP contribution in [0.1, 0.15) is 0 Å². The van der Waals surface area contributed by atoms with Crippen LogP contribution in [0.25, 0.3) is 19.5 Å². The lowest BCUT2D eigenvalue weighted by atomic mass is 10.4. The molecule has 4 rings (SSSR count). The average Bonchev–Trinajstić information content (AvgIpc) is 3.52. The molecule has 0 aliphatic rings. The molecule has 0 fully saturated rings. The van der Waals surface area contributed by atoms with Crippen LogP contribution in [0, 0.1) is 7.14 Å². The number of hydrogen-bond acceptors (Lipinski definition) is 4. The van der Waals surface area contributed by atoms with Crippen LogP contribution in [0.5, 0.6) is 0 Å². The summed E-state index contributed by atoms with van der Waals surface area (Å²) in [7, 11) is -4.87. The highest BCUT2D eigenvalue weighted by atomic mass is 127. The molecule has 40 heavy (non-hydrogen) atoms. The minimum absolute atomic E-state index is 1.20. The second-order valence-electron chi connectivity index (χ2n) is 14.2. The Morgan fingerprint density at radius 3 is 0.850 bits per heavy atom. The normalized spacial score (nSPS) is 13.0. The third kappa shape index (κ3) is 9.09. The maximum atomic E-state index is 3.77. The van der Waals surface area contributed by atoms with E-state index in [2.05, 4.69) is 180 Å². The predicted octanol–water partition coefficient (Wildman–Crippen LogP) is 11.9. The second-order valence-corrected chi connectivity index (χ2v) is 44.0. The monoisotopic (exact) mass is 1030 g/mol. The molecule has 220 valence electrons. The maximum absolute atomic E-state index is 3.77. The number of rotatable bonds is 6. The fraction of sp³-hybridized carbons (Fsp3) is 0.429. The van der Waals surface area contributed by atoms with Gasteiger partial charge in [-0.25, -0.2) is 0 Å². The van der Waals surface area contributed by atoms with Crippen molar-refractivity contribution in [1.29, 1.82) is 0 Å². The van der Waals surface area contributed by atoms with Crippen molar-refractivity contribution < 1.29 is 0 Å². The van der Waals surface area contributed by atoms with Crippen LogP contribution in [0.4, 0.5) is 0 Å². The fourth-order valence-corrected chi connectivity index (χ4v) is 21.1. The van der Waals surface area contributed by atoms with Crippen molar-refractivity contribution in [3.05, 3.63) is 40.4 Å². The molecule has 0 spiro atoms. The van der Waals surface area contributed by atoms with Crippen LogP contribution in [0.15, 0.2) is 33.2 Å². The molecule has 0 saturated carbocycles. The minimum atomic E-state index is -1.24. The van der Waals surface area contributed by atoms with Crippen LogP contribution in [0.3, 0.4) is 0 Å². The van der Waals surface area contributed by atoms with Gasteiger partial charge in [-0.2, -0.15) is 0 Å². The van der Waals surface area contributed by atoms with Crippen molar-refractivity contribution in [3.63, 3.8) is 0 Å². The van der Waals surface area contributed by atoms with E-state index in [0.29, 0.717) is 0 Å². The van der Waals surface area contributed by atoms with Gasteiger partial charge >= 0.3 is 0 Å². The number of hydrogen-bond donors (Lipinski definition) is 0. The van der Waals surface area contributed by atoms with E-state index in [1.54, 1.807) is 18.0 Å². The first-order valence-electron chi connectivity index (χ1n) is 13.2. The standard InChI is InChI=1S/C14H20Br2S2Si2.C14H20I2S2Si2/c2*1-19(2,3)11-7-9(15)13(17-11)14-10(16)8-12(18-14)20(4,5)6/h2*7-8H,1-6H3. The van der Waals surface area contributed by atoms with Crippen LogP contribution in [0.2, 0.25) is 78.6 Å². The highest BCUT2D eigenvalue weighted by Crippen LogP contribution is 2.41. The zero-order chi connectivity index (χ0) is 30.6. The third-order valence-electron chi connectivity index (χ3n) is 6.12. The molecule has 0 unspecified atom stereocenters. The van der Waals surface area contributed by atoms with E-state index in [9.17, 15) is 0 Å². The quantitative estimate of drug-likeness (QED) is 0.133. The van der Waals surface area contributed by atoms with Crippen molar-refractivity contribution in [2.75, 3.05) is 0 Å². The summed E-state index contributed by atoms with van der Waals surface area (Å²) < 4.78 is 11.8. The van der Waals surface area contributed by atoms with Gasteiger partial charge in [0.15, 0.2) is 0 Å². The Balaban J connectivity index is 0.000000220. The molecule has 0 aliphatic heterocycles. The molecule has 0 saturated heterocycles. The van der Waals surface area contributed by atoms with E-state index in [-0.39, 0.29) is 0 Å². The lowest BCUT2D eigenvalue weighted by Gasteiger charge is -2.12. The van der Waals surface area contributed by atoms with Crippen LogP contribution in [-0.4, -0.2) is 32.3 Å². The van der Waals surface area contributed by atoms with Gasteiger partial charge in [-0.05, 0) is 119 Å². The molecule has 0 atom stereocenters. The molecule has 0 bridgehead atoms. The van der Waals surface area contributed by atoms with E-state index in [1.807, 2.05) is 45.3 Å². The van der Waals surface area contributed by atoms with Gasteiger partial charge in [0.05, 0.1) is 51.8 Å². The number of thiophene rings is 4. The molecule has 0 amide bonds. The lowest BCUT2D eigenvalue weighted by Crippen LogP contribution is -2.34. The van der Waals surface area contributed by atoms with Crippen LogP contribution < -0.4 is 18.0 Å². The summed E-state index contributed by atoms with van der Waals surface area (Å²) in [6.45, 7) is 29.1. The van der Waals surface area contributed by atoms with Crippen LogP contribution in [-0.2, 0) is 0 Å². The Labute approximate surface area is 306 Å². The average molecular weight is 1030 g/mol. The molecular formula is C28H40Br2I2S4Si4. The number of halogens is 4. The largest absolute Gasteiger partial charge is 0.143 e. The summed E-state index contributed by atoms with van der Waals surface area (Å²) >= 11 is 20.6. The van der Waals surface area contributed by atoms with Gasteiger partial charge in [0.1, 0.15) is 0 Å². The van der Waals surface area contributed by atoms with Gasteiger partial charge < -0.3 is 0 Å².